The number of nitrogens with zero attached hydrogens (tertiary/aromatic N) is 1. The smallest absolute Gasteiger partial charge is 0.0165 e. The van der Waals surface area contributed by atoms with Gasteiger partial charge in [-0.25, -0.2) is 0 Å². The first kappa shape index (κ1) is 13.5. The molecule has 0 aliphatic rings. The van der Waals surface area contributed by atoms with E-state index in [1.807, 2.05) is 13.8 Å². The SMILES string of the molecule is CC.CCC(N)CN(C)CC. The lowest BCUT2D eigenvalue weighted by Gasteiger charge is -2.17. The van der Waals surface area contributed by atoms with Gasteiger partial charge in [-0.3, -0.25) is 0 Å². The summed E-state index contributed by atoms with van der Waals surface area (Å²) in [5.41, 5.74) is 5.71. The van der Waals surface area contributed by atoms with Gasteiger partial charge in [0, 0.05) is 12.6 Å². The highest BCUT2D eigenvalue weighted by atomic mass is 15.1. The van der Waals surface area contributed by atoms with Crippen LogP contribution in [0.15, 0.2) is 0 Å². The molecular formula is C9H24N2. The van der Waals surface area contributed by atoms with Crippen molar-refractivity contribution >= 4 is 0 Å². The van der Waals surface area contributed by atoms with E-state index in [4.69, 9.17) is 5.73 Å². The molecule has 0 saturated heterocycles. The first-order chi connectivity index (χ1) is 5.20. The molecule has 0 amide bonds. The number of likely N-dealkylation sites (N-methyl/N-ethyl adjacent to an activating group) is 1. The lowest BCUT2D eigenvalue weighted by atomic mass is 10.2. The van der Waals surface area contributed by atoms with Gasteiger partial charge in [-0.2, -0.15) is 0 Å². The van der Waals surface area contributed by atoms with Crippen molar-refractivity contribution in [2.45, 2.75) is 40.2 Å². The number of hydrogen-bond donors (Lipinski definition) is 1. The van der Waals surface area contributed by atoms with Crippen molar-refractivity contribution in [2.75, 3.05) is 20.1 Å². The summed E-state index contributed by atoms with van der Waals surface area (Å²) >= 11 is 0. The van der Waals surface area contributed by atoms with E-state index in [1.165, 1.54) is 0 Å². The monoisotopic (exact) mass is 160 g/mol. The predicted molar refractivity (Wildman–Crippen MR) is 52.8 cm³/mol. The average Bonchev–Trinajstić information content (AvgIpc) is 2.07. The van der Waals surface area contributed by atoms with E-state index < -0.39 is 0 Å². The molecule has 2 heteroatoms. The molecule has 0 fully saturated rings. The Morgan fingerprint density at radius 2 is 1.73 bits per heavy atom. The second-order valence-corrected chi connectivity index (χ2v) is 2.52. The summed E-state index contributed by atoms with van der Waals surface area (Å²) in [6.07, 6.45) is 1.07. The maximum Gasteiger partial charge on any atom is 0.0165 e. The van der Waals surface area contributed by atoms with Crippen molar-refractivity contribution in [1.29, 1.82) is 0 Å². The van der Waals surface area contributed by atoms with Crippen molar-refractivity contribution in [3.63, 3.8) is 0 Å². The third-order valence-electron chi connectivity index (χ3n) is 1.61. The van der Waals surface area contributed by atoms with Crippen molar-refractivity contribution < 1.29 is 0 Å². The first-order valence-corrected chi connectivity index (χ1v) is 4.64. The Bertz CT molecular complexity index is 56.6. The molecule has 0 aromatic heterocycles. The molecule has 0 rings (SSSR count). The summed E-state index contributed by atoms with van der Waals surface area (Å²) in [6.45, 7) is 10.4. The zero-order valence-electron chi connectivity index (χ0n) is 8.72. The Balaban J connectivity index is 0. The minimum absolute atomic E-state index is 0.356. The highest BCUT2D eigenvalue weighted by Gasteiger charge is 2.00. The molecule has 1 unspecified atom stereocenters. The van der Waals surface area contributed by atoms with Crippen molar-refractivity contribution in [3.05, 3.63) is 0 Å². The number of rotatable bonds is 4. The third kappa shape index (κ3) is 9.92. The molecule has 0 heterocycles. The quantitative estimate of drug-likeness (QED) is 0.678. The van der Waals surface area contributed by atoms with Crippen molar-refractivity contribution in [1.82, 2.24) is 4.90 Å². The molecule has 0 radical (unpaired) electrons. The summed E-state index contributed by atoms with van der Waals surface area (Å²) in [5.74, 6) is 0. The summed E-state index contributed by atoms with van der Waals surface area (Å²) in [7, 11) is 2.09. The van der Waals surface area contributed by atoms with Gasteiger partial charge in [-0.05, 0) is 20.0 Å². The second-order valence-electron chi connectivity index (χ2n) is 2.52. The molecular weight excluding hydrogens is 136 g/mol. The minimum Gasteiger partial charge on any atom is -0.327 e. The summed E-state index contributed by atoms with van der Waals surface area (Å²) in [4.78, 5) is 2.23. The fourth-order valence-corrected chi connectivity index (χ4v) is 0.659. The fraction of sp³-hybridized carbons (Fsp3) is 1.00. The van der Waals surface area contributed by atoms with Crippen LogP contribution in [0.4, 0.5) is 0 Å². The van der Waals surface area contributed by atoms with E-state index in [2.05, 4.69) is 25.8 Å². The summed E-state index contributed by atoms with van der Waals surface area (Å²) in [6, 6.07) is 0.356. The van der Waals surface area contributed by atoms with Crippen LogP contribution in [0.1, 0.15) is 34.1 Å². The average molecular weight is 160 g/mol. The van der Waals surface area contributed by atoms with Crippen LogP contribution in [0.5, 0.6) is 0 Å². The summed E-state index contributed by atoms with van der Waals surface area (Å²) < 4.78 is 0. The van der Waals surface area contributed by atoms with Gasteiger partial charge in [-0.15, -0.1) is 0 Å². The van der Waals surface area contributed by atoms with E-state index in [-0.39, 0.29) is 0 Å². The lowest BCUT2D eigenvalue weighted by molar-refractivity contribution is 0.323. The van der Waals surface area contributed by atoms with Gasteiger partial charge in [0.05, 0.1) is 0 Å². The molecule has 2 nitrogen and oxygen atoms in total. The van der Waals surface area contributed by atoms with Crippen LogP contribution in [0.25, 0.3) is 0 Å². The van der Waals surface area contributed by atoms with Crippen molar-refractivity contribution in [3.8, 4) is 0 Å². The minimum atomic E-state index is 0.356. The maximum absolute atomic E-state index is 5.71. The van der Waals surface area contributed by atoms with Crippen LogP contribution in [0.3, 0.4) is 0 Å². The van der Waals surface area contributed by atoms with Crippen LogP contribution < -0.4 is 5.73 Å². The van der Waals surface area contributed by atoms with Gasteiger partial charge in [0.25, 0.3) is 0 Å². The standard InChI is InChI=1S/C7H18N2.C2H6/c1-4-7(8)6-9(3)5-2;1-2/h7H,4-6,8H2,1-3H3;1-2H3. The zero-order valence-corrected chi connectivity index (χ0v) is 8.72. The topological polar surface area (TPSA) is 29.3 Å². The molecule has 70 valence electrons. The van der Waals surface area contributed by atoms with E-state index in [9.17, 15) is 0 Å². The van der Waals surface area contributed by atoms with E-state index in [0.29, 0.717) is 6.04 Å². The highest BCUT2D eigenvalue weighted by Crippen LogP contribution is 1.89. The third-order valence-corrected chi connectivity index (χ3v) is 1.61. The molecule has 0 aromatic rings. The molecule has 11 heavy (non-hydrogen) atoms. The molecule has 0 aromatic carbocycles. The molecule has 0 saturated carbocycles. The van der Waals surface area contributed by atoms with Gasteiger partial charge < -0.3 is 10.6 Å². The zero-order chi connectivity index (χ0) is 9.28. The maximum atomic E-state index is 5.71. The Kier molecular flexibility index (Phi) is 12.2. The second kappa shape index (κ2) is 9.92. The Labute approximate surface area is 71.8 Å². The van der Waals surface area contributed by atoms with Gasteiger partial charge in [0.1, 0.15) is 0 Å². The fourth-order valence-electron chi connectivity index (χ4n) is 0.659. The van der Waals surface area contributed by atoms with Gasteiger partial charge in [-0.1, -0.05) is 27.7 Å². The predicted octanol–water partition coefficient (Wildman–Crippen LogP) is 1.70. The summed E-state index contributed by atoms with van der Waals surface area (Å²) in [5, 5.41) is 0. The molecule has 0 spiro atoms. The van der Waals surface area contributed by atoms with Gasteiger partial charge in [0.2, 0.25) is 0 Å². The largest absolute Gasteiger partial charge is 0.327 e. The highest BCUT2D eigenvalue weighted by molar-refractivity contribution is 4.61. The Morgan fingerprint density at radius 3 is 2.00 bits per heavy atom. The number of hydrogen-bond acceptors (Lipinski definition) is 2. The first-order valence-electron chi connectivity index (χ1n) is 4.64. The van der Waals surface area contributed by atoms with Gasteiger partial charge >= 0.3 is 0 Å². The molecule has 0 aliphatic carbocycles. The van der Waals surface area contributed by atoms with Crippen LogP contribution in [0, 0.1) is 0 Å². The molecule has 0 aliphatic heterocycles. The molecule has 2 N–H and O–H groups in total. The van der Waals surface area contributed by atoms with Crippen molar-refractivity contribution in [2.24, 2.45) is 5.73 Å². The molecule has 1 atom stereocenters. The van der Waals surface area contributed by atoms with E-state index >= 15 is 0 Å². The van der Waals surface area contributed by atoms with Crippen LogP contribution in [0.2, 0.25) is 0 Å². The van der Waals surface area contributed by atoms with E-state index in [1.54, 1.807) is 0 Å². The van der Waals surface area contributed by atoms with Crippen LogP contribution in [-0.4, -0.2) is 31.1 Å². The van der Waals surface area contributed by atoms with Crippen LogP contribution >= 0.6 is 0 Å². The lowest BCUT2D eigenvalue weighted by Crippen LogP contribution is -2.34. The molecule has 0 bridgehead atoms. The Morgan fingerprint density at radius 1 is 1.27 bits per heavy atom. The number of nitrogens with two attached hydrogens (primary N) is 1. The normalized spacial score (nSPS) is 12.3. The van der Waals surface area contributed by atoms with Gasteiger partial charge in [0.15, 0.2) is 0 Å². The van der Waals surface area contributed by atoms with E-state index in [0.717, 1.165) is 19.5 Å². The van der Waals surface area contributed by atoms with Crippen LogP contribution in [-0.2, 0) is 0 Å². The Hall–Kier alpha value is -0.0800.